The fraction of sp³-hybridized carbons (Fsp3) is 0.667. The molecule has 1 saturated heterocycles. The van der Waals surface area contributed by atoms with Crippen LogP contribution in [0.2, 0.25) is 0 Å². The number of nitrogens with one attached hydrogen (secondary N) is 2. The molecule has 0 atom stereocenters. The minimum atomic E-state index is 0.871. The van der Waals surface area contributed by atoms with E-state index in [2.05, 4.69) is 30.0 Å². The third-order valence-corrected chi connectivity index (χ3v) is 1.12. The molecule has 2 N–H and O–H groups in total. The Labute approximate surface area is 68.0 Å². The predicted molar refractivity (Wildman–Crippen MR) is 47.6 cm³/mol. The van der Waals surface area contributed by atoms with Crippen LogP contribution in [0.5, 0.6) is 0 Å². The molecule has 0 aromatic heterocycles. The molecule has 0 aromatic rings. The van der Waals surface area contributed by atoms with Gasteiger partial charge in [0.05, 0.1) is 13.3 Å². The second kappa shape index (κ2) is 7.08. The van der Waals surface area contributed by atoms with Crippen molar-refractivity contribution >= 4 is 12.8 Å². The van der Waals surface area contributed by atoms with Crippen LogP contribution in [0.1, 0.15) is 6.92 Å². The minimum absolute atomic E-state index is 0.871. The maximum absolute atomic E-state index is 4.07. The Morgan fingerprint density at radius 1 is 1.50 bits per heavy atom. The minimum Gasteiger partial charge on any atom is -0.291 e. The molecule has 0 aromatic carbocycles. The van der Waals surface area contributed by atoms with Crippen LogP contribution in [0.4, 0.5) is 0 Å². The summed E-state index contributed by atoms with van der Waals surface area (Å²) in [6, 6.07) is 0. The molecular weight excluding hydrogens is 146 g/mol. The number of hydrogen-bond acceptors (Lipinski definition) is 4. The van der Waals surface area contributed by atoms with Gasteiger partial charge in [-0.2, -0.15) is 0 Å². The molecule has 0 amide bonds. The molecule has 0 saturated carbocycles. The zero-order chi connectivity index (χ0) is 7.82. The summed E-state index contributed by atoms with van der Waals surface area (Å²) in [5.41, 5.74) is 0. The van der Waals surface area contributed by atoms with Crippen LogP contribution in [-0.2, 0) is 0 Å². The lowest BCUT2D eigenvalue weighted by molar-refractivity contribution is 0.326. The largest absolute Gasteiger partial charge is 0.291 e. The van der Waals surface area contributed by atoms with E-state index in [0.29, 0.717) is 0 Å². The van der Waals surface area contributed by atoms with Crippen molar-refractivity contribution in [1.29, 1.82) is 0 Å². The van der Waals surface area contributed by atoms with Crippen LogP contribution in [0.25, 0.3) is 0 Å². The molecule has 1 fully saturated rings. The Morgan fingerprint density at radius 2 is 1.90 bits per heavy atom. The lowest BCUT2D eigenvalue weighted by Gasteiger charge is -2.22. The van der Waals surface area contributed by atoms with Crippen LogP contribution in [-0.4, -0.2) is 24.3 Å². The van der Waals surface area contributed by atoms with Crippen LogP contribution in [0, 0.1) is 0 Å². The third-order valence-electron chi connectivity index (χ3n) is 0.839. The van der Waals surface area contributed by atoms with Crippen LogP contribution in [0.3, 0.4) is 0 Å². The first-order valence-corrected chi connectivity index (χ1v) is 3.63. The number of hydrogen-bond donors (Lipinski definition) is 3. The number of thiol groups is 1. The Bertz CT molecular complexity index is 81.1. The Morgan fingerprint density at radius 3 is 2.10 bits per heavy atom. The summed E-state index contributed by atoms with van der Waals surface area (Å²) in [6.07, 6.45) is 1.75. The van der Waals surface area contributed by atoms with E-state index in [9.17, 15) is 0 Å². The van der Waals surface area contributed by atoms with Gasteiger partial charge in [0.2, 0.25) is 0 Å². The Balaban J connectivity index is 0.000000236. The van der Waals surface area contributed by atoms with E-state index >= 15 is 0 Å². The highest BCUT2D eigenvalue weighted by Crippen LogP contribution is 1.87. The topological polar surface area (TPSA) is 27.3 Å². The molecule has 3 nitrogen and oxygen atoms in total. The lowest BCUT2D eigenvalue weighted by Crippen LogP contribution is -2.46. The van der Waals surface area contributed by atoms with E-state index in [0.717, 1.165) is 20.0 Å². The Hall–Kier alpha value is -0.0300. The van der Waals surface area contributed by atoms with E-state index in [1.54, 1.807) is 6.08 Å². The van der Waals surface area contributed by atoms with E-state index in [-0.39, 0.29) is 0 Å². The first-order chi connectivity index (χ1) is 4.81. The molecule has 4 heteroatoms. The highest BCUT2D eigenvalue weighted by molar-refractivity contribution is 7.77. The summed E-state index contributed by atoms with van der Waals surface area (Å²) in [7, 11) is 0. The maximum Gasteiger partial charge on any atom is 0.0602 e. The molecule has 1 heterocycles. The van der Waals surface area contributed by atoms with Crippen molar-refractivity contribution in [2.24, 2.45) is 0 Å². The summed E-state index contributed by atoms with van der Waals surface area (Å²) < 4.78 is 1.86. The van der Waals surface area contributed by atoms with Crippen molar-refractivity contribution in [3.63, 3.8) is 0 Å². The van der Waals surface area contributed by atoms with Gasteiger partial charge in [-0.15, -0.1) is 6.58 Å². The van der Waals surface area contributed by atoms with Gasteiger partial charge in [0, 0.05) is 6.67 Å². The van der Waals surface area contributed by atoms with Gasteiger partial charge in [0.15, 0.2) is 0 Å². The number of nitrogens with zero attached hydrogens (tertiary/aromatic N) is 1. The maximum atomic E-state index is 4.07. The van der Waals surface area contributed by atoms with Crippen LogP contribution in [0.15, 0.2) is 12.7 Å². The summed E-state index contributed by atoms with van der Waals surface area (Å²) in [4.78, 5) is 0. The van der Waals surface area contributed by atoms with Gasteiger partial charge >= 0.3 is 0 Å². The van der Waals surface area contributed by atoms with E-state index in [4.69, 9.17) is 0 Å². The molecule has 0 radical (unpaired) electrons. The van der Waals surface area contributed by atoms with Crippen molar-refractivity contribution in [2.75, 3.05) is 20.0 Å². The lowest BCUT2D eigenvalue weighted by atomic mass is 10.8. The zero-order valence-electron chi connectivity index (χ0n) is 6.30. The van der Waals surface area contributed by atoms with Gasteiger partial charge in [-0.05, 0) is 6.92 Å². The first kappa shape index (κ1) is 9.97. The molecule has 10 heavy (non-hydrogen) atoms. The highest BCUT2D eigenvalue weighted by Gasteiger charge is 2.00. The fourth-order valence-corrected chi connectivity index (χ4v) is 0.714. The van der Waals surface area contributed by atoms with Gasteiger partial charge in [-0.1, -0.05) is 18.9 Å². The summed E-state index contributed by atoms with van der Waals surface area (Å²) >= 11 is 4.07. The normalized spacial score (nSPS) is 19.0. The Kier molecular flexibility index (Phi) is 7.06. The third kappa shape index (κ3) is 6.10. The highest BCUT2D eigenvalue weighted by atomic mass is 32.1. The van der Waals surface area contributed by atoms with Gasteiger partial charge < -0.3 is 0 Å². The average molecular weight is 161 g/mol. The SMILES string of the molecule is C=CC.SN1CNCNC1. The summed E-state index contributed by atoms with van der Waals surface area (Å²) in [6.45, 7) is 7.89. The van der Waals surface area contributed by atoms with Crippen molar-refractivity contribution in [3.05, 3.63) is 12.7 Å². The predicted octanol–water partition coefficient (Wildman–Crippen LogP) is 0.391. The van der Waals surface area contributed by atoms with E-state index < -0.39 is 0 Å². The van der Waals surface area contributed by atoms with Gasteiger partial charge in [0.1, 0.15) is 0 Å². The molecule has 1 rings (SSSR count). The molecular formula is C6H15N3S. The second-order valence-electron chi connectivity index (χ2n) is 1.91. The summed E-state index contributed by atoms with van der Waals surface area (Å²) in [5.74, 6) is 0. The quantitative estimate of drug-likeness (QED) is 0.354. The van der Waals surface area contributed by atoms with Crippen LogP contribution >= 0.6 is 12.8 Å². The monoisotopic (exact) mass is 161 g/mol. The van der Waals surface area contributed by atoms with Gasteiger partial charge in [0.25, 0.3) is 0 Å². The van der Waals surface area contributed by atoms with E-state index in [1.165, 1.54) is 0 Å². The molecule has 1 aliphatic rings. The van der Waals surface area contributed by atoms with Crippen molar-refractivity contribution in [2.45, 2.75) is 6.92 Å². The van der Waals surface area contributed by atoms with Gasteiger partial charge in [-0.25, -0.2) is 4.31 Å². The first-order valence-electron chi connectivity index (χ1n) is 3.23. The fourth-order valence-electron chi connectivity index (χ4n) is 0.514. The van der Waals surface area contributed by atoms with Crippen molar-refractivity contribution < 1.29 is 0 Å². The average Bonchev–Trinajstić information content (AvgIpc) is 1.91. The zero-order valence-corrected chi connectivity index (χ0v) is 7.19. The molecule has 0 bridgehead atoms. The number of allylic oxidation sites excluding steroid dienone is 1. The summed E-state index contributed by atoms with van der Waals surface area (Å²) in [5, 5.41) is 6.15. The van der Waals surface area contributed by atoms with E-state index in [1.807, 2.05) is 11.2 Å². The van der Waals surface area contributed by atoms with Crippen LogP contribution < -0.4 is 10.6 Å². The standard InChI is InChI=1S/C3H9N3S.C3H6/c7-6-2-4-1-5-3-6;1-3-2/h4-5,7H,1-3H2;3H,1H2,2H3. The molecule has 0 unspecified atom stereocenters. The molecule has 0 spiro atoms. The van der Waals surface area contributed by atoms with Crippen molar-refractivity contribution in [3.8, 4) is 0 Å². The molecule has 60 valence electrons. The molecule has 0 aliphatic carbocycles. The smallest absolute Gasteiger partial charge is 0.0602 e. The number of rotatable bonds is 0. The second-order valence-corrected chi connectivity index (χ2v) is 2.47. The van der Waals surface area contributed by atoms with Crippen molar-refractivity contribution in [1.82, 2.24) is 14.9 Å². The van der Waals surface area contributed by atoms with Gasteiger partial charge in [-0.3, -0.25) is 10.6 Å². The molecule has 1 aliphatic heterocycles.